The highest BCUT2D eigenvalue weighted by molar-refractivity contribution is 7.99. The van der Waals surface area contributed by atoms with E-state index in [9.17, 15) is 9.59 Å². The van der Waals surface area contributed by atoms with Crippen LogP contribution in [0, 0.1) is 0 Å². The van der Waals surface area contributed by atoms with Crippen molar-refractivity contribution in [3.63, 3.8) is 0 Å². The summed E-state index contributed by atoms with van der Waals surface area (Å²) in [5.41, 5.74) is 0.636. The molecule has 4 rings (SSSR count). The number of amides is 2. The van der Waals surface area contributed by atoms with Gasteiger partial charge in [0.25, 0.3) is 0 Å². The third-order valence-electron chi connectivity index (χ3n) is 4.84. The largest absolute Gasteiger partial charge is 0.353 e. The molecule has 1 aromatic heterocycles. The molecule has 1 N–H and O–H groups in total. The third kappa shape index (κ3) is 4.80. The first-order chi connectivity index (χ1) is 14.7. The summed E-state index contributed by atoms with van der Waals surface area (Å²) in [5.74, 6) is -0.224. The predicted octanol–water partition coefficient (Wildman–Crippen LogP) is 3.52. The van der Waals surface area contributed by atoms with Crippen LogP contribution in [0.1, 0.15) is 0 Å². The summed E-state index contributed by atoms with van der Waals surface area (Å²) >= 11 is 1.55. The summed E-state index contributed by atoms with van der Waals surface area (Å²) < 4.78 is 0. The number of carbonyl (C=O) groups excluding carboxylic acids is 2. The second-order valence-corrected chi connectivity index (χ2v) is 7.95. The maximum absolute atomic E-state index is 12.7. The molecular weight excluding hydrogens is 396 g/mol. The van der Waals surface area contributed by atoms with Gasteiger partial charge in [0.15, 0.2) is 0 Å². The normalized spacial score (nSPS) is 13.7. The Balaban J connectivity index is 1.37. The van der Waals surface area contributed by atoms with Gasteiger partial charge in [-0.25, -0.2) is 4.98 Å². The summed E-state index contributed by atoms with van der Waals surface area (Å²) in [5, 5.41) is 2.79. The SMILES string of the molecule is O=C(Nc1ccccc1Sc1ccccc1)C(=O)N1CCN(c2ccccn2)CC1. The van der Waals surface area contributed by atoms with Gasteiger partial charge in [-0.15, -0.1) is 0 Å². The van der Waals surface area contributed by atoms with Crippen molar-refractivity contribution in [2.24, 2.45) is 0 Å². The van der Waals surface area contributed by atoms with Crippen molar-refractivity contribution in [1.82, 2.24) is 9.88 Å². The number of hydrogen-bond acceptors (Lipinski definition) is 5. The van der Waals surface area contributed by atoms with E-state index in [1.165, 1.54) is 0 Å². The van der Waals surface area contributed by atoms with Crippen molar-refractivity contribution < 1.29 is 9.59 Å². The Hall–Kier alpha value is -3.32. The lowest BCUT2D eigenvalue weighted by atomic mass is 10.2. The van der Waals surface area contributed by atoms with Crippen molar-refractivity contribution in [1.29, 1.82) is 0 Å². The van der Waals surface area contributed by atoms with Crippen LogP contribution in [0.25, 0.3) is 0 Å². The molecule has 2 heterocycles. The van der Waals surface area contributed by atoms with Crippen molar-refractivity contribution in [2.45, 2.75) is 9.79 Å². The average Bonchev–Trinajstić information content (AvgIpc) is 2.81. The molecule has 1 fully saturated rings. The van der Waals surface area contributed by atoms with E-state index in [-0.39, 0.29) is 0 Å². The monoisotopic (exact) mass is 418 g/mol. The molecule has 1 aliphatic rings. The van der Waals surface area contributed by atoms with Crippen LogP contribution in [0.2, 0.25) is 0 Å². The summed E-state index contributed by atoms with van der Waals surface area (Å²) in [6.07, 6.45) is 1.76. The molecule has 152 valence electrons. The van der Waals surface area contributed by atoms with E-state index in [4.69, 9.17) is 0 Å². The second-order valence-electron chi connectivity index (χ2n) is 6.83. The molecule has 0 unspecified atom stereocenters. The van der Waals surface area contributed by atoms with Crippen molar-refractivity contribution in [3.05, 3.63) is 79.0 Å². The van der Waals surface area contributed by atoms with Gasteiger partial charge in [0.2, 0.25) is 0 Å². The zero-order valence-corrected chi connectivity index (χ0v) is 17.2. The number of rotatable bonds is 4. The van der Waals surface area contributed by atoms with Crippen molar-refractivity contribution >= 4 is 35.1 Å². The first kappa shape index (κ1) is 20.0. The molecule has 0 saturated carbocycles. The number of benzene rings is 2. The van der Waals surface area contributed by atoms with Gasteiger partial charge in [0.1, 0.15) is 5.82 Å². The number of anilines is 2. The smallest absolute Gasteiger partial charge is 0.313 e. The molecule has 0 atom stereocenters. The fourth-order valence-electron chi connectivity index (χ4n) is 3.27. The highest BCUT2D eigenvalue weighted by Gasteiger charge is 2.27. The van der Waals surface area contributed by atoms with E-state index in [0.717, 1.165) is 15.6 Å². The summed E-state index contributed by atoms with van der Waals surface area (Å²) in [7, 11) is 0. The summed E-state index contributed by atoms with van der Waals surface area (Å²) in [6, 6.07) is 23.2. The van der Waals surface area contributed by atoms with Crippen molar-refractivity contribution in [3.8, 4) is 0 Å². The lowest BCUT2D eigenvalue weighted by Gasteiger charge is -2.35. The van der Waals surface area contributed by atoms with Crippen LogP contribution in [0.15, 0.2) is 88.8 Å². The summed E-state index contributed by atoms with van der Waals surface area (Å²) in [6.45, 7) is 2.28. The Bertz CT molecular complexity index is 1010. The Labute approximate surface area is 179 Å². The van der Waals surface area contributed by atoms with E-state index >= 15 is 0 Å². The van der Waals surface area contributed by atoms with Gasteiger partial charge < -0.3 is 15.1 Å². The van der Waals surface area contributed by atoms with Crippen LogP contribution in [0.5, 0.6) is 0 Å². The highest BCUT2D eigenvalue weighted by atomic mass is 32.2. The van der Waals surface area contributed by atoms with Crippen LogP contribution in [0.4, 0.5) is 11.5 Å². The molecular formula is C23H22N4O2S. The fourth-order valence-corrected chi connectivity index (χ4v) is 4.20. The fraction of sp³-hybridized carbons (Fsp3) is 0.174. The standard InChI is InChI=1S/C23H22N4O2S/c28-22(23(29)27-16-14-26(15-17-27)21-12-6-7-13-24-21)25-19-10-4-5-11-20(19)30-18-8-2-1-3-9-18/h1-13H,14-17H2,(H,25,28). The molecule has 0 aliphatic carbocycles. The first-order valence-corrected chi connectivity index (χ1v) is 10.6. The number of aromatic nitrogens is 1. The first-order valence-electron chi connectivity index (χ1n) is 9.79. The van der Waals surface area contributed by atoms with Gasteiger partial charge in [0, 0.05) is 42.2 Å². The number of piperazine rings is 1. The molecule has 1 saturated heterocycles. The molecule has 2 aromatic carbocycles. The lowest BCUT2D eigenvalue weighted by molar-refractivity contribution is -0.143. The lowest BCUT2D eigenvalue weighted by Crippen LogP contribution is -2.51. The average molecular weight is 419 g/mol. The van der Waals surface area contributed by atoms with E-state index < -0.39 is 11.8 Å². The minimum Gasteiger partial charge on any atom is -0.353 e. The molecule has 0 bridgehead atoms. The Morgan fingerprint density at radius 2 is 1.53 bits per heavy atom. The molecule has 0 spiro atoms. The number of carbonyl (C=O) groups is 2. The van der Waals surface area contributed by atoms with E-state index in [1.807, 2.05) is 72.8 Å². The zero-order chi connectivity index (χ0) is 20.8. The molecule has 2 amide bonds. The van der Waals surface area contributed by atoms with Crippen LogP contribution in [-0.4, -0.2) is 47.9 Å². The van der Waals surface area contributed by atoms with Crippen molar-refractivity contribution in [2.75, 3.05) is 36.4 Å². The van der Waals surface area contributed by atoms with Gasteiger partial charge in [-0.1, -0.05) is 48.2 Å². The maximum Gasteiger partial charge on any atom is 0.313 e. The molecule has 6 nitrogen and oxygen atoms in total. The van der Waals surface area contributed by atoms with Crippen LogP contribution >= 0.6 is 11.8 Å². The van der Waals surface area contributed by atoms with Crippen LogP contribution < -0.4 is 10.2 Å². The molecule has 7 heteroatoms. The molecule has 30 heavy (non-hydrogen) atoms. The molecule has 1 aliphatic heterocycles. The Kier molecular flexibility index (Phi) is 6.29. The van der Waals surface area contributed by atoms with Gasteiger partial charge >= 0.3 is 11.8 Å². The highest BCUT2D eigenvalue weighted by Crippen LogP contribution is 2.33. The number of pyridine rings is 1. The van der Waals surface area contributed by atoms with Crippen LogP contribution in [-0.2, 0) is 9.59 Å². The Morgan fingerprint density at radius 1 is 0.833 bits per heavy atom. The maximum atomic E-state index is 12.7. The molecule has 0 radical (unpaired) electrons. The van der Waals surface area contributed by atoms with Gasteiger partial charge in [-0.3, -0.25) is 9.59 Å². The van der Waals surface area contributed by atoms with E-state index in [1.54, 1.807) is 22.9 Å². The summed E-state index contributed by atoms with van der Waals surface area (Å²) in [4.78, 5) is 35.3. The van der Waals surface area contributed by atoms with Crippen LogP contribution in [0.3, 0.4) is 0 Å². The zero-order valence-electron chi connectivity index (χ0n) is 16.4. The van der Waals surface area contributed by atoms with Gasteiger partial charge in [-0.05, 0) is 36.4 Å². The van der Waals surface area contributed by atoms with Gasteiger partial charge in [0.05, 0.1) is 5.69 Å². The van der Waals surface area contributed by atoms with Gasteiger partial charge in [-0.2, -0.15) is 0 Å². The second kappa shape index (κ2) is 9.45. The van der Waals surface area contributed by atoms with E-state index in [2.05, 4.69) is 15.2 Å². The minimum absolute atomic E-state index is 0.489. The Morgan fingerprint density at radius 3 is 2.27 bits per heavy atom. The van der Waals surface area contributed by atoms with E-state index in [0.29, 0.717) is 31.9 Å². The minimum atomic E-state index is -0.609. The number of para-hydroxylation sites is 1. The number of nitrogens with zero attached hydrogens (tertiary/aromatic N) is 3. The topological polar surface area (TPSA) is 65.5 Å². The quantitative estimate of drug-likeness (QED) is 0.657. The third-order valence-corrected chi connectivity index (χ3v) is 5.92. The molecule has 3 aromatic rings. The number of nitrogens with one attached hydrogen (secondary N) is 1. The predicted molar refractivity (Wildman–Crippen MR) is 119 cm³/mol. The number of hydrogen-bond donors (Lipinski definition) is 1.